The van der Waals surface area contributed by atoms with Crippen molar-refractivity contribution in [3.8, 4) is 0 Å². The maximum Gasteiger partial charge on any atom is 0.273 e. The van der Waals surface area contributed by atoms with Gasteiger partial charge in [0.05, 0.1) is 11.4 Å². The monoisotopic (exact) mass is 271 g/mol. The zero-order valence-corrected chi connectivity index (χ0v) is 11.1. The van der Waals surface area contributed by atoms with Crippen molar-refractivity contribution in [1.82, 2.24) is 20.5 Å². The highest BCUT2D eigenvalue weighted by Crippen LogP contribution is 2.42. The number of aromatic nitrogens is 3. The predicted molar refractivity (Wildman–Crippen MR) is 75.2 cm³/mol. The topological polar surface area (TPSA) is 96.7 Å². The van der Waals surface area contributed by atoms with E-state index in [1.165, 1.54) is 0 Å². The van der Waals surface area contributed by atoms with Crippen molar-refractivity contribution in [3.05, 3.63) is 41.5 Å². The molecule has 20 heavy (non-hydrogen) atoms. The molecule has 3 rings (SSSR count). The molecular formula is C14H17N5O. The lowest BCUT2D eigenvalue weighted by molar-refractivity contribution is 0.0950. The first kappa shape index (κ1) is 12.7. The Bertz CT molecular complexity index is 603. The number of nitrogens with two attached hydrogens (primary N) is 1. The van der Waals surface area contributed by atoms with Crippen molar-refractivity contribution in [1.29, 1.82) is 0 Å². The van der Waals surface area contributed by atoms with Gasteiger partial charge in [-0.15, -0.1) is 0 Å². The van der Waals surface area contributed by atoms with E-state index in [1.807, 2.05) is 12.1 Å². The van der Waals surface area contributed by atoms with Gasteiger partial charge in [-0.25, -0.2) is 0 Å². The van der Waals surface area contributed by atoms with Crippen molar-refractivity contribution in [2.45, 2.75) is 25.2 Å². The Morgan fingerprint density at radius 1 is 1.50 bits per heavy atom. The number of carbonyl (C=O) groups excluding carboxylic acids is 1. The molecule has 104 valence electrons. The summed E-state index contributed by atoms with van der Waals surface area (Å²) in [4.78, 5) is 16.1. The molecular weight excluding hydrogens is 254 g/mol. The highest BCUT2D eigenvalue weighted by Gasteiger charge is 2.30. The zero-order chi connectivity index (χ0) is 13.9. The predicted octanol–water partition coefficient (Wildman–Crippen LogP) is 1.24. The number of nitrogen functional groups attached to an aromatic ring is 1. The summed E-state index contributed by atoms with van der Waals surface area (Å²) in [6.07, 6.45) is 6.49. The van der Waals surface area contributed by atoms with Crippen LogP contribution >= 0.6 is 0 Å². The lowest BCUT2D eigenvalue weighted by Crippen LogP contribution is -2.26. The molecule has 0 saturated heterocycles. The first-order valence-electron chi connectivity index (χ1n) is 6.76. The van der Waals surface area contributed by atoms with Crippen molar-refractivity contribution in [3.63, 3.8) is 0 Å². The molecule has 2 aromatic heterocycles. The summed E-state index contributed by atoms with van der Waals surface area (Å²) in [7, 11) is 0. The molecule has 0 unspecified atom stereocenters. The summed E-state index contributed by atoms with van der Waals surface area (Å²) in [5, 5.41) is 9.74. The van der Waals surface area contributed by atoms with Gasteiger partial charge in [-0.3, -0.25) is 14.9 Å². The number of anilines is 1. The Morgan fingerprint density at radius 3 is 3.05 bits per heavy atom. The van der Waals surface area contributed by atoms with E-state index in [4.69, 9.17) is 5.73 Å². The number of carbonyl (C=O) groups is 1. The van der Waals surface area contributed by atoms with E-state index in [0.29, 0.717) is 23.8 Å². The Hall–Kier alpha value is -2.37. The van der Waals surface area contributed by atoms with Crippen molar-refractivity contribution < 1.29 is 4.79 Å². The van der Waals surface area contributed by atoms with Crippen molar-refractivity contribution in [2.24, 2.45) is 0 Å². The van der Waals surface area contributed by atoms with Gasteiger partial charge in [0.2, 0.25) is 0 Å². The molecule has 6 heteroatoms. The molecule has 0 aliphatic heterocycles. The summed E-state index contributed by atoms with van der Waals surface area (Å²) < 4.78 is 0. The second-order valence-corrected chi connectivity index (χ2v) is 5.04. The molecule has 4 N–H and O–H groups in total. The second kappa shape index (κ2) is 5.32. The third-order valence-corrected chi connectivity index (χ3v) is 3.46. The van der Waals surface area contributed by atoms with Crippen LogP contribution in [0.1, 0.15) is 40.5 Å². The summed E-state index contributed by atoms with van der Waals surface area (Å²) >= 11 is 0. The number of nitrogens with one attached hydrogen (secondary N) is 2. The van der Waals surface area contributed by atoms with Crippen LogP contribution in [0.2, 0.25) is 0 Å². The maximum absolute atomic E-state index is 12.0. The maximum atomic E-state index is 12.0. The van der Waals surface area contributed by atoms with Crippen LogP contribution in [0.25, 0.3) is 0 Å². The molecule has 0 atom stereocenters. The third-order valence-electron chi connectivity index (χ3n) is 3.46. The number of nitrogens with zero attached hydrogens (tertiary/aromatic N) is 2. The van der Waals surface area contributed by atoms with E-state index < -0.39 is 0 Å². The van der Waals surface area contributed by atoms with Crippen molar-refractivity contribution in [2.75, 3.05) is 12.3 Å². The standard InChI is InChI=1S/C14H17N5O/c15-11-12(10-3-4-10)18-19-13(11)14(20)17-7-5-9-2-1-6-16-8-9/h1-2,6,8,10H,3-5,7,15H2,(H,17,20)(H,18,19). The second-order valence-electron chi connectivity index (χ2n) is 5.04. The molecule has 0 aromatic carbocycles. The number of rotatable bonds is 5. The van der Waals surface area contributed by atoms with Crippen LogP contribution in [0.15, 0.2) is 24.5 Å². The first-order valence-corrected chi connectivity index (χ1v) is 6.76. The number of pyridine rings is 1. The Morgan fingerprint density at radius 2 is 2.35 bits per heavy atom. The molecule has 1 aliphatic carbocycles. The molecule has 2 heterocycles. The largest absolute Gasteiger partial charge is 0.395 e. The molecule has 0 radical (unpaired) electrons. The van der Waals surface area contributed by atoms with Crippen LogP contribution in [0, 0.1) is 0 Å². The minimum atomic E-state index is -0.227. The van der Waals surface area contributed by atoms with Crippen LogP contribution < -0.4 is 11.1 Å². The van der Waals surface area contributed by atoms with Gasteiger partial charge < -0.3 is 11.1 Å². The van der Waals surface area contributed by atoms with Gasteiger partial charge in [0.25, 0.3) is 5.91 Å². The number of H-pyrrole nitrogens is 1. The normalized spacial score (nSPS) is 14.2. The molecule has 1 saturated carbocycles. The van der Waals surface area contributed by atoms with Crippen LogP contribution in [-0.4, -0.2) is 27.6 Å². The van der Waals surface area contributed by atoms with Gasteiger partial charge in [-0.05, 0) is 30.9 Å². The Balaban J connectivity index is 1.56. The van der Waals surface area contributed by atoms with Crippen LogP contribution in [0.4, 0.5) is 5.69 Å². The molecule has 1 fully saturated rings. The molecule has 0 spiro atoms. The van der Waals surface area contributed by atoms with Gasteiger partial charge in [-0.1, -0.05) is 6.07 Å². The van der Waals surface area contributed by atoms with Gasteiger partial charge in [0.1, 0.15) is 0 Å². The smallest absolute Gasteiger partial charge is 0.273 e. The van der Waals surface area contributed by atoms with E-state index >= 15 is 0 Å². The van der Waals surface area contributed by atoms with Gasteiger partial charge in [0, 0.05) is 24.9 Å². The zero-order valence-electron chi connectivity index (χ0n) is 11.1. The molecule has 1 aliphatic rings. The summed E-state index contributed by atoms with van der Waals surface area (Å²) in [6, 6.07) is 3.86. The number of aromatic amines is 1. The molecule has 2 aromatic rings. The van der Waals surface area contributed by atoms with Crippen LogP contribution in [0.3, 0.4) is 0 Å². The minimum absolute atomic E-state index is 0.227. The van der Waals surface area contributed by atoms with Gasteiger partial charge in [0.15, 0.2) is 5.69 Å². The third kappa shape index (κ3) is 2.64. The molecule has 6 nitrogen and oxygen atoms in total. The average Bonchev–Trinajstić information content (AvgIpc) is 3.23. The van der Waals surface area contributed by atoms with E-state index in [2.05, 4.69) is 20.5 Å². The summed E-state index contributed by atoms with van der Waals surface area (Å²) in [5.74, 6) is 0.231. The quantitative estimate of drug-likeness (QED) is 0.762. The fourth-order valence-corrected chi connectivity index (χ4v) is 2.17. The molecule has 1 amide bonds. The summed E-state index contributed by atoms with van der Waals surface area (Å²) in [6.45, 7) is 0.537. The van der Waals surface area contributed by atoms with Gasteiger partial charge >= 0.3 is 0 Å². The van der Waals surface area contributed by atoms with Gasteiger partial charge in [-0.2, -0.15) is 5.10 Å². The average molecular weight is 271 g/mol. The number of hydrogen-bond donors (Lipinski definition) is 3. The fraction of sp³-hybridized carbons (Fsp3) is 0.357. The highest BCUT2D eigenvalue weighted by atomic mass is 16.1. The highest BCUT2D eigenvalue weighted by molar-refractivity contribution is 5.97. The molecule has 0 bridgehead atoms. The number of hydrogen-bond acceptors (Lipinski definition) is 4. The lowest BCUT2D eigenvalue weighted by Gasteiger charge is -2.04. The SMILES string of the molecule is Nc1c(C(=O)NCCc2cccnc2)n[nH]c1C1CC1. The number of amides is 1. The van der Waals surface area contributed by atoms with Crippen LogP contribution in [-0.2, 0) is 6.42 Å². The van der Waals surface area contributed by atoms with Crippen LogP contribution in [0.5, 0.6) is 0 Å². The van der Waals surface area contributed by atoms with Crippen molar-refractivity contribution >= 4 is 11.6 Å². The van der Waals surface area contributed by atoms with E-state index in [9.17, 15) is 4.79 Å². The lowest BCUT2D eigenvalue weighted by atomic mass is 10.2. The van der Waals surface area contributed by atoms with E-state index in [0.717, 1.165) is 30.5 Å². The Labute approximate surface area is 116 Å². The summed E-state index contributed by atoms with van der Waals surface area (Å²) in [5.41, 5.74) is 8.75. The van der Waals surface area contributed by atoms with E-state index in [-0.39, 0.29) is 5.91 Å². The van der Waals surface area contributed by atoms with E-state index in [1.54, 1.807) is 12.4 Å². The minimum Gasteiger partial charge on any atom is -0.395 e. The fourth-order valence-electron chi connectivity index (χ4n) is 2.17. The Kier molecular flexibility index (Phi) is 3.37. The first-order chi connectivity index (χ1) is 9.75.